The van der Waals surface area contributed by atoms with Gasteiger partial charge in [-0.1, -0.05) is 35.6 Å². The third kappa shape index (κ3) is 6.24. The molecule has 0 saturated carbocycles. The molecule has 4 rings (SSSR count). The van der Waals surface area contributed by atoms with Gasteiger partial charge >= 0.3 is 0 Å². The molecule has 0 aromatic heterocycles. The SMILES string of the molecule is CC(C)=CCOc1c(C)c(C)c2c(c1C)CCC(C)(COc1ccc(/C=C3\SC(=S)NC3=O)cc1Br)O2. The van der Waals surface area contributed by atoms with Crippen LogP contribution in [0.3, 0.4) is 0 Å². The maximum atomic E-state index is 11.9. The number of ether oxygens (including phenoxy) is 3. The van der Waals surface area contributed by atoms with Crippen molar-refractivity contribution in [2.75, 3.05) is 13.2 Å². The first-order valence-electron chi connectivity index (χ1n) is 12.2. The first-order valence-corrected chi connectivity index (χ1v) is 14.2. The second-order valence-electron chi connectivity index (χ2n) is 9.99. The van der Waals surface area contributed by atoms with E-state index >= 15 is 0 Å². The first-order chi connectivity index (χ1) is 17.5. The molecule has 2 aliphatic heterocycles. The number of carbonyl (C=O) groups excluding carboxylic acids is 1. The smallest absolute Gasteiger partial charge is 0.263 e. The molecule has 0 aliphatic carbocycles. The van der Waals surface area contributed by atoms with Crippen LogP contribution >= 0.6 is 39.9 Å². The summed E-state index contributed by atoms with van der Waals surface area (Å²) in [6.07, 6.45) is 5.66. The molecule has 1 unspecified atom stereocenters. The summed E-state index contributed by atoms with van der Waals surface area (Å²) < 4.78 is 20.3. The zero-order valence-corrected chi connectivity index (χ0v) is 25.3. The number of hydrogen-bond donors (Lipinski definition) is 1. The Morgan fingerprint density at radius 3 is 2.62 bits per heavy atom. The van der Waals surface area contributed by atoms with Crippen LogP contribution in [0.2, 0.25) is 0 Å². The van der Waals surface area contributed by atoms with E-state index in [0.717, 1.165) is 56.8 Å². The van der Waals surface area contributed by atoms with E-state index in [-0.39, 0.29) is 5.91 Å². The van der Waals surface area contributed by atoms with Crippen molar-refractivity contribution in [2.45, 2.75) is 60.0 Å². The van der Waals surface area contributed by atoms with Gasteiger partial charge in [0.25, 0.3) is 5.91 Å². The van der Waals surface area contributed by atoms with Crippen LogP contribution in [0.5, 0.6) is 17.2 Å². The molecule has 2 aromatic rings. The number of allylic oxidation sites excluding steroid dienone is 1. The van der Waals surface area contributed by atoms with Crippen LogP contribution in [-0.4, -0.2) is 29.0 Å². The highest BCUT2D eigenvalue weighted by atomic mass is 79.9. The molecule has 1 amide bonds. The molecule has 1 saturated heterocycles. The molecule has 8 heteroatoms. The zero-order valence-electron chi connectivity index (χ0n) is 22.0. The van der Waals surface area contributed by atoms with Crippen molar-refractivity contribution in [1.29, 1.82) is 0 Å². The molecule has 2 heterocycles. The highest BCUT2D eigenvalue weighted by molar-refractivity contribution is 9.10. The van der Waals surface area contributed by atoms with Crippen molar-refractivity contribution < 1.29 is 19.0 Å². The Labute approximate surface area is 237 Å². The topological polar surface area (TPSA) is 56.8 Å². The molecular weight excluding hydrogens is 570 g/mol. The maximum Gasteiger partial charge on any atom is 0.263 e. The average Bonchev–Trinajstić information content (AvgIpc) is 3.15. The number of thiocarbonyl (C=S) groups is 1. The molecular formula is C29H32BrNO4S2. The molecule has 2 aliphatic rings. The monoisotopic (exact) mass is 601 g/mol. The first kappa shape index (κ1) is 27.7. The fraction of sp³-hybridized carbons (Fsp3) is 0.379. The Hall–Kier alpha value is -2.29. The summed E-state index contributed by atoms with van der Waals surface area (Å²) >= 11 is 9.94. The molecule has 196 valence electrons. The predicted molar refractivity (Wildman–Crippen MR) is 159 cm³/mol. The largest absolute Gasteiger partial charge is 0.489 e. The van der Waals surface area contributed by atoms with Crippen molar-refractivity contribution >= 4 is 56.2 Å². The van der Waals surface area contributed by atoms with Crippen molar-refractivity contribution in [2.24, 2.45) is 0 Å². The van der Waals surface area contributed by atoms with Gasteiger partial charge in [-0.25, -0.2) is 0 Å². The van der Waals surface area contributed by atoms with Crippen molar-refractivity contribution in [3.8, 4) is 17.2 Å². The summed E-state index contributed by atoms with van der Waals surface area (Å²) in [5, 5.41) is 2.64. The van der Waals surface area contributed by atoms with E-state index in [9.17, 15) is 4.79 Å². The third-order valence-corrected chi connectivity index (χ3v) is 8.49. The Kier molecular flexibility index (Phi) is 8.41. The Morgan fingerprint density at radius 1 is 1.22 bits per heavy atom. The molecule has 2 aromatic carbocycles. The van der Waals surface area contributed by atoms with E-state index in [1.165, 1.54) is 22.9 Å². The molecule has 1 fully saturated rings. The quantitative estimate of drug-likeness (QED) is 0.203. The zero-order chi connectivity index (χ0) is 26.9. The van der Waals surface area contributed by atoms with Crippen LogP contribution in [0.15, 0.2) is 39.2 Å². The van der Waals surface area contributed by atoms with Gasteiger partial charge in [0.05, 0.1) is 9.38 Å². The Balaban J connectivity index is 1.48. The molecule has 0 bridgehead atoms. The predicted octanol–water partition coefficient (Wildman–Crippen LogP) is 7.37. The molecule has 0 radical (unpaired) electrons. The van der Waals surface area contributed by atoms with Gasteiger partial charge in [0, 0.05) is 5.56 Å². The lowest BCUT2D eigenvalue weighted by Crippen LogP contribution is -2.42. The minimum Gasteiger partial charge on any atom is -0.489 e. The Morgan fingerprint density at radius 2 is 1.97 bits per heavy atom. The van der Waals surface area contributed by atoms with Crippen LogP contribution in [0.25, 0.3) is 6.08 Å². The third-order valence-electron chi connectivity index (χ3n) is 6.71. The van der Waals surface area contributed by atoms with E-state index < -0.39 is 5.60 Å². The number of halogens is 1. The van der Waals surface area contributed by atoms with Gasteiger partial charge in [-0.3, -0.25) is 4.79 Å². The van der Waals surface area contributed by atoms with Crippen LogP contribution in [0, 0.1) is 20.8 Å². The number of carbonyl (C=O) groups is 1. The lowest BCUT2D eigenvalue weighted by Gasteiger charge is -2.38. The fourth-order valence-electron chi connectivity index (χ4n) is 4.42. The summed E-state index contributed by atoms with van der Waals surface area (Å²) in [5.74, 6) is 2.48. The summed E-state index contributed by atoms with van der Waals surface area (Å²) in [6, 6.07) is 5.77. The molecule has 0 spiro atoms. The number of thioether (sulfide) groups is 1. The van der Waals surface area contributed by atoms with Gasteiger partial charge in [0.2, 0.25) is 0 Å². The lowest BCUT2D eigenvalue weighted by atomic mass is 9.87. The van der Waals surface area contributed by atoms with Gasteiger partial charge in [0.1, 0.15) is 40.4 Å². The van der Waals surface area contributed by atoms with E-state index in [0.29, 0.717) is 22.4 Å². The number of benzene rings is 2. The van der Waals surface area contributed by atoms with Crippen molar-refractivity contribution in [1.82, 2.24) is 5.32 Å². The van der Waals surface area contributed by atoms with E-state index in [2.05, 4.69) is 68.9 Å². The number of amides is 1. The van der Waals surface area contributed by atoms with Crippen LogP contribution in [0.4, 0.5) is 0 Å². The highest BCUT2D eigenvalue weighted by Gasteiger charge is 2.36. The minimum absolute atomic E-state index is 0.165. The van der Waals surface area contributed by atoms with Gasteiger partial charge in [-0.05, 0) is 117 Å². The summed E-state index contributed by atoms with van der Waals surface area (Å²) in [7, 11) is 0. The van der Waals surface area contributed by atoms with Gasteiger partial charge in [-0.15, -0.1) is 0 Å². The fourth-order valence-corrected chi connectivity index (χ4v) is 5.97. The van der Waals surface area contributed by atoms with Crippen LogP contribution < -0.4 is 19.5 Å². The van der Waals surface area contributed by atoms with Crippen LogP contribution in [-0.2, 0) is 11.2 Å². The van der Waals surface area contributed by atoms with Gasteiger partial charge < -0.3 is 19.5 Å². The molecule has 5 nitrogen and oxygen atoms in total. The average molecular weight is 603 g/mol. The summed E-state index contributed by atoms with van der Waals surface area (Å²) in [6.45, 7) is 13.6. The van der Waals surface area contributed by atoms with E-state index in [1.807, 2.05) is 24.3 Å². The van der Waals surface area contributed by atoms with Crippen molar-refractivity contribution in [3.63, 3.8) is 0 Å². The minimum atomic E-state index is -0.463. The lowest BCUT2D eigenvalue weighted by molar-refractivity contribution is -0.115. The highest BCUT2D eigenvalue weighted by Crippen LogP contribution is 2.44. The van der Waals surface area contributed by atoms with Crippen LogP contribution in [0.1, 0.15) is 55.0 Å². The second-order valence-corrected chi connectivity index (χ2v) is 12.6. The number of fused-ring (bicyclic) bond motifs is 1. The molecule has 1 N–H and O–H groups in total. The molecule has 1 atom stereocenters. The van der Waals surface area contributed by atoms with Gasteiger partial charge in [-0.2, -0.15) is 0 Å². The number of hydrogen-bond acceptors (Lipinski definition) is 6. The standard InChI is InChI=1S/C29H32BrNO4S2/c1-16(2)10-12-33-25-17(3)18(4)26-21(19(25)5)9-11-29(6,35-26)15-34-23-8-7-20(13-22(23)30)14-24-27(32)31-28(36)37-24/h7-8,10,13-14H,9,11-12,15H2,1-6H3,(H,31,32,36)/b24-14-. The summed E-state index contributed by atoms with van der Waals surface area (Å²) in [5.41, 5.74) is 6.28. The van der Waals surface area contributed by atoms with Gasteiger partial charge in [0.15, 0.2) is 0 Å². The molecule has 37 heavy (non-hydrogen) atoms. The number of nitrogens with one attached hydrogen (secondary N) is 1. The normalized spacial score (nSPS) is 19.8. The van der Waals surface area contributed by atoms with Crippen molar-refractivity contribution in [3.05, 3.63) is 67.0 Å². The Bertz CT molecular complexity index is 1330. The number of rotatable bonds is 7. The summed E-state index contributed by atoms with van der Waals surface area (Å²) in [4.78, 5) is 12.5. The second kappa shape index (κ2) is 11.2. The van der Waals surface area contributed by atoms with E-state index in [4.69, 9.17) is 26.4 Å². The van der Waals surface area contributed by atoms with E-state index in [1.54, 1.807) is 0 Å². The maximum absolute atomic E-state index is 11.9.